The van der Waals surface area contributed by atoms with Gasteiger partial charge in [0.2, 0.25) is 0 Å². The molecular weight excluding hydrogens is 202 g/mol. The van der Waals surface area contributed by atoms with Gasteiger partial charge in [-0.2, -0.15) is 0 Å². The third-order valence-corrected chi connectivity index (χ3v) is 2.55. The van der Waals surface area contributed by atoms with E-state index in [1.807, 2.05) is 13.0 Å². The number of rotatable bonds is 1. The topological polar surface area (TPSA) is 26.0 Å². The highest BCUT2D eigenvalue weighted by Crippen LogP contribution is 2.23. The van der Waals surface area contributed by atoms with Crippen LogP contribution in [-0.2, 0) is 6.42 Å². The molecule has 0 spiro atoms. The van der Waals surface area contributed by atoms with E-state index in [9.17, 15) is 0 Å². The number of nitrogens with two attached hydrogens (primary N) is 1. The average Bonchev–Trinajstić information content (AvgIpc) is 1.97. The van der Waals surface area contributed by atoms with Gasteiger partial charge in [-0.3, -0.25) is 0 Å². The van der Waals surface area contributed by atoms with Crippen LogP contribution in [0.15, 0.2) is 16.6 Å². The Labute approximate surface area is 75.7 Å². The van der Waals surface area contributed by atoms with Crippen molar-refractivity contribution in [2.24, 2.45) is 0 Å². The Morgan fingerprint density at radius 2 is 2.09 bits per heavy atom. The van der Waals surface area contributed by atoms with Crippen molar-refractivity contribution in [1.82, 2.24) is 0 Å². The first-order valence-corrected chi connectivity index (χ1v) is 4.49. The molecule has 11 heavy (non-hydrogen) atoms. The second-order valence-corrected chi connectivity index (χ2v) is 3.51. The maximum absolute atomic E-state index is 5.74. The molecule has 0 bridgehead atoms. The molecular formula is C9H12BrN. The molecule has 1 aromatic carbocycles. The van der Waals surface area contributed by atoms with Crippen molar-refractivity contribution in [3.05, 3.63) is 27.7 Å². The molecule has 0 fully saturated rings. The maximum atomic E-state index is 5.74. The zero-order valence-electron chi connectivity index (χ0n) is 6.82. The minimum absolute atomic E-state index is 0.880. The number of benzene rings is 1. The van der Waals surface area contributed by atoms with E-state index >= 15 is 0 Å². The van der Waals surface area contributed by atoms with Gasteiger partial charge in [0.1, 0.15) is 0 Å². The van der Waals surface area contributed by atoms with Gasteiger partial charge < -0.3 is 5.73 Å². The summed E-state index contributed by atoms with van der Waals surface area (Å²) in [6.07, 6.45) is 1.02. The highest BCUT2D eigenvalue weighted by Gasteiger charge is 2.00. The van der Waals surface area contributed by atoms with Gasteiger partial charge in [-0.05, 0) is 36.6 Å². The van der Waals surface area contributed by atoms with E-state index in [4.69, 9.17) is 5.73 Å². The van der Waals surface area contributed by atoms with E-state index in [1.54, 1.807) is 0 Å². The van der Waals surface area contributed by atoms with E-state index in [0.717, 1.165) is 22.1 Å². The van der Waals surface area contributed by atoms with Crippen LogP contribution in [0.5, 0.6) is 0 Å². The van der Waals surface area contributed by atoms with Gasteiger partial charge >= 0.3 is 0 Å². The Hall–Kier alpha value is -0.500. The lowest BCUT2D eigenvalue weighted by molar-refractivity contribution is 1.12. The molecule has 60 valence electrons. The van der Waals surface area contributed by atoms with Crippen molar-refractivity contribution < 1.29 is 0 Å². The van der Waals surface area contributed by atoms with Gasteiger partial charge in [-0.25, -0.2) is 0 Å². The predicted octanol–water partition coefficient (Wildman–Crippen LogP) is 2.90. The van der Waals surface area contributed by atoms with E-state index in [1.165, 1.54) is 5.56 Å². The van der Waals surface area contributed by atoms with Gasteiger partial charge in [-0.1, -0.05) is 22.9 Å². The minimum atomic E-state index is 0.880. The van der Waals surface area contributed by atoms with Crippen LogP contribution in [0.1, 0.15) is 18.1 Å². The predicted molar refractivity (Wildman–Crippen MR) is 52.7 cm³/mol. The van der Waals surface area contributed by atoms with Crippen LogP contribution in [0.3, 0.4) is 0 Å². The van der Waals surface area contributed by atoms with Gasteiger partial charge in [0.15, 0.2) is 0 Å². The molecule has 0 unspecified atom stereocenters. The second kappa shape index (κ2) is 3.26. The van der Waals surface area contributed by atoms with Crippen LogP contribution in [0.4, 0.5) is 5.69 Å². The zero-order chi connectivity index (χ0) is 8.43. The van der Waals surface area contributed by atoms with E-state index in [0.29, 0.717) is 0 Å². The fourth-order valence-corrected chi connectivity index (χ4v) is 1.75. The minimum Gasteiger partial charge on any atom is -0.399 e. The van der Waals surface area contributed by atoms with Crippen LogP contribution in [0.2, 0.25) is 0 Å². The molecule has 0 aliphatic heterocycles. The highest BCUT2D eigenvalue weighted by atomic mass is 79.9. The first-order valence-electron chi connectivity index (χ1n) is 3.69. The normalized spacial score (nSPS) is 10.1. The first kappa shape index (κ1) is 8.60. The third-order valence-electron chi connectivity index (χ3n) is 1.82. The summed E-state index contributed by atoms with van der Waals surface area (Å²) in [7, 11) is 0. The molecule has 0 saturated heterocycles. The van der Waals surface area contributed by atoms with Crippen LogP contribution in [0.25, 0.3) is 0 Å². The van der Waals surface area contributed by atoms with Crippen LogP contribution in [0, 0.1) is 6.92 Å². The van der Waals surface area contributed by atoms with E-state index < -0.39 is 0 Å². The number of nitrogen functional groups attached to an aromatic ring is 1. The smallest absolute Gasteiger partial charge is 0.0347 e. The summed E-state index contributed by atoms with van der Waals surface area (Å²) in [5.41, 5.74) is 9.03. The fraction of sp³-hybridized carbons (Fsp3) is 0.333. The number of halogens is 1. The molecule has 0 aliphatic rings. The van der Waals surface area contributed by atoms with Crippen molar-refractivity contribution in [1.29, 1.82) is 0 Å². The molecule has 0 amide bonds. The Balaban J connectivity index is 3.21. The Morgan fingerprint density at radius 3 is 2.64 bits per heavy atom. The second-order valence-electron chi connectivity index (χ2n) is 2.65. The third kappa shape index (κ3) is 1.74. The van der Waals surface area contributed by atoms with Gasteiger partial charge in [0.05, 0.1) is 0 Å². The fourth-order valence-electron chi connectivity index (χ4n) is 1.01. The molecule has 1 rings (SSSR count). The Bertz CT molecular complexity index is 269. The Morgan fingerprint density at radius 1 is 1.45 bits per heavy atom. The molecule has 0 radical (unpaired) electrons. The maximum Gasteiger partial charge on any atom is 0.0347 e. The summed E-state index contributed by atoms with van der Waals surface area (Å²) in [5, 5.41) is 0. The number of hydrogen-bond donors (Lipinski definition) is 1. The van der Waals surface area contributed by atoms with Gasteiger partial charge in [0.25, 0.3) is 0 Å². The average molecular weight is 214 g/mol. The molecule has 0 aliphatic carbocycles. The van der Waals surface area contributed by atoms with Crippen LogP contribution in [-0.4, -0.2) is 0 Å². The van der Waals surface area contributed by atoms with E-state index in [2.05, 4.69) is 28.9 Å². The largest absolute Gasteiger partial charge is 0.399 e. The lowest BCUT2D eigenvalue weighted by atomic mass is 10.1. The lowest BCUT2D eigenvalue weighted by Crippen LogP contribution is -1.92. The summed E-state index contributed by atoms with van der Waals surface area (Å²) in [6, 6.07) is 4.09. The summed E-state index contributed by atoms with van der Waals surface area (Å²) >= 11 is 3.49. The summed E-state index contributed by atoms with van der Waals surface area (Å²) < 4.78 is 1.16. The molecule has 1 aromatic rings. The summed E-state index contributed by atoms with van der Waals surface area (Å²) in [4.78, 5) is 0. The van der Waals surface area contributed by atoms with Crippen LogP contribution < -0.4 is 5.73 Å². The molecule has 0 atom stereocenters. The number of hydrogen-bond acceptors (Lipinski definition) is 1. The van der Waals surface area contributed by atoms with E-state index in [-0.39, 0.29) is 0 Å². The summed E-state index contributed by atoms with van der Waals surface area (Å²) in [6.45, 7) is 4.13. The van der Waals surface area contributed by atoms with Crippen molar-refractivity contribution >= 4 is 21.6 Å². The molecule has 2 N–H and O–H groups in total. The molecule has 0 saturated carbocycles. The molecule has 0 heterocycles. The summed E-state index contributed by atoms with van der Waals surface area (Å²) in [5.74, 6) is 0. The molecule has 0 aromatic heterocycles. The Kier molecular flexibility index (Phi) is 2.55. The zero-order valence-corrected chi connectivity index (χ0v) is 8.40. The van der Waals surface area contributed by atoms with Crippen molar-refractivity contribution in [2.75, 3.05) is 5.73 Å². The van der Waals surface area contributed by atoms with Gasteiger partial charge in [-0.15, -0.1) is 0 Å². The van der Waals surface area contributed by atoms with Crippen molar-refractivity contribution in [2.45, 2.75) is 20.3 Å². The number of anilines is 1. The standard InChI is InChI=1S/C9H12BrN/c1-3-7-5-9(11)6(2)4-8(7)10/h4-5H,3,11H2,1-2H3. The first-order chi connectivity index (χ1) is 5.15. The monoisotopic (exact) mass is 213 g/mol. The number of aryl methyl sites for hydroxylation is 2. The SMILES string of the molecule is CCc1cc(N)c(C)cc1Br. The van der Waals surface area contributed by atoms with Gasteiger partial charge in [0, 0.05) is 10.2 Å². The molecule has 1 nitrogen and oxygen atoms in total. The van der Waals surface area contributed by atoms with Crippen LogP contribution >= 0.6 is 15.9 Å². The van der Waals surface area contributed by atoms with Crippen molar-refractivity contribution in [3.8, 4) is 0 Å². The quantitative estimate of drug-likeness (QED) is 0.714. The molecule has 2 heteroatoms. The highest BCUT2D eigenvalue weighted by molar-refractivity contribution is 9.10. The lowest BCUT2D eigenvalue weighted by Gasteiger charge is -2.05. The van der Waals surface area contributed by atoms with Crippen molar-refractivity contribution in [3.63, 3.8) is 0 Å².